The Bertz CT molecular complexity index is 264. The Hall–Kier alpha value is -0.610. The zero-order valence-corrected chi connectivity index (χ0v) is 11.6. The third kappa shape index (κ3) is 4.25. The quantitative estimate of drug-likeness (QED) is 0.789. The summed E-state index contributed by atoms with van der Waals surface area (Å²) in [6.07, 6.45) is 7.28. The third-order valence-electron chi connectivity index (χ3n) is 4.00. The standard InChI is InChI=1S/C14H27N3O/c1-12(11-17-9-5-2-6-10-17)16-13-7-3-4-8-15-14(13)18/h12-13,16H,2-11H2,1H3,(H,15,18). The van der Waals surface area contributed by atoms with Crippen molar-refractivity contribution >= 4 is 5.91 Å². The van der Waals surface area contributed by atoms with Gasteiger partial charge < -0.3 is 15.5 Å². The van der Waals surface area contributed by atoms with Gasteiger partial charge in [-0.3, -0.25) is 4.79 Å². The van der Waals surface area contributed by atoms with Crippen LogP contribution in [0.15, 0.2) is 0 Å². The molecule has 2 heterocycles. The number of hydrogen-bond donors (Lipinski definition) is 2. The van der Waals surface area contributed by atoms with Crippen molar-refractivity contribution in [3.8, 4) is 0 Å². The lowest BCUT2D eigenvalue weighted by atomic mass is 10.1. The number of likely N-dealkylation sites (tertiary alicyclic amines) is 1. The van der Waals surface area contributed by atoms with Crippen molar-refractivity contribution in [3.63, 3.8) is 0 Å². The van der Waals surface area contributed by atoms with Gasteiger partial charge in [-0.15, -0.1) is 0 Å². The predicted molar refractivity (Wildman–Crippen MR) is 73.5 cm³/mol. The van der Waals surface area contributed by atoms with E-state index in [1.807, 2.05) is 0 Å². The number of carbonyl (C=O) groups excluding carboxylic acids is 1. The molecule has 2 unspecified atom stereocenters. The lowest BCUT2D eigenvalue weighted by molar-refractivity contribution is -0.123. The van der Waals surface area contributed by atoms with Crippen LogP contribution >= 0.6 is 0 Å². The molecule has 4 heteroatoms. The fourth-order valence-electron chi connectivity index (χ4n) is 3.02. The number of piperidine rings is 1. The van der Waals surface area contributed by atoms with Gasteiger partial charge in [0.05, 0.1) is 6.04 Å². The fourth-order valence-corrected chi connectivity index (χ4v) is 3.02. The average molecular weight is 253 g/mol. The molecule has 2 saturated heterocycles. The normalized spacial score (nSPS) is 28.5. The van der Waals surface area contributed by atoms with Crippen molar-refractivity contribution in [2.45, 2.75) is 57.5 Å². The lowest BCUT2D eigenvalue weighted by Gasteiger charge is -2.30. The first kappa shape index (κ1) is 13.8. The van der Waals surface area contributed by atoms with E-state index in [2.05, 4.69) is 22.5 Å². The smallest absolute Gasteiger partial charge is 0.237 e. The van der Waals surface area contributed by atoms with Crippen LogP contribution in [0.3, 0.4) is 0 Å². The van der Waals surface area contributed by atoms with E-state index in [4.69, 9.17) is 0 Å². The maximum absolute atomic E-state index is 11.9. The van der Waals surface area contributed by atoms with Crippen molar-refractivity contribution in [3.05, 3.63) is 0 Å². The Labute approximate surface area is 110 Å². The molecule has 18 heavy (non-hydrogen) atoms. The van der Waals surface area contributed by atoms with Gasteiger partial charge >= 0.3 is 0 Å². The van der Waals surface area contributed by atoms with Crippen molar-refractivity contribution in [1.29, 1.82) is 0 Å². The van der Waals surface area contributed by atoms with Crippen LogP contribution < -0.4 is 10.6 Å². The number of hydrogen-bond acceptors (Lipinski definition) is 3. The average Bonchev–Trinajstić information content (AvgIpc) is 2.56. The first-order valence-electron chi connectivity index (χ1n) is 7.52. The Morgan fingerprint density at radius 2 is 2.06 bits per heavy atom. The minimum absolute atomic E-state index is 0.0206. The molecule has 0 saturated carbocycles. The van der Waals surface area contributed by atoms with Crippen LogP contribution in [0.1, 0.15) is 45.4 Å². The van der Waals surface area contributed by atoms with Gasteiger partial charge in [0.25, 0.3) is 0 Å². The molecule has 0 bridgehead atoms. The predicted octanol–water partition coefficient (Wildman–Crippen LogP) is 1.12. The summed E-state index contributed by atoms with van der Waals surface area (Å²) >= 11 is 0. The summed E-state index contributed by atoms with van der Waals surface area (Å²) in [4.78, 5) is 14.4. The molecular weight excluding hydrogens is 226 g/mol. The van der Waals surface area contributed by atoms with Crippen LogP contribution in [0.5, 0.6) is 0 Å². The molecule has 2 N–H and O–H groups in total. The highest BCUT2D eigenvalue weighted by molar-refractivity contribution is 5.81. The summed E-state index contributed by atoms with van der Waals surface area (Å²) in [7, 11) is 0. The van der Waals surface area contributed by atoms with Crippen LogP contribution in [0.4, 0.5) is 0 Å². The fraction of sp³-hybridized carbons (Fsp3) is 0.929. The third-order valence-corrected chi connectivity index (χ3v) is 4.00. The summed E-state index contributed by atoms with van der Waals surface area (Å²) in [5.41, 5.74) is 0. The van der Waals surface area contributed by atoms with Crippen LogP contribution in [0, 0.1) is 0 Å². The van der Waals surface area contributed by atoms with E-state index in [1.165, 1.54) is 32.4 Å². The molecule has 104 valence electrons. The summed E-state index contributed by atoms with van der Waals surface area (Å²) < 4.78 is 0. The Kier molecular flexibility index (Phi) is 5.45. The van der Waals surface area contributed by atoms with E-state index in [-0.39, 0.29) is 11.9 Å². The molecule has 2 aliphatic rings. The van der Waals surface area contributed by atoms with Crippen molar-refractivity contribution in [2.75, 3.05) is 26.2 Å². The van der Waals surface area contributed by atoms with E-state index in [9.17, 15) is 4.79 Å². The van der Waals surface area contributed by atoms with Crippen LogP contribution in [-0.2, 0) is 4.79 Å². The van der Waals surface area contributed by atoms with Gasteiger partial charge in [-0.05, 0) is 52.1 Å². The van der Waals surface area contributed by atoms with Gasteiger partial charge in [0.1, 0.15) is 0 Å². The van der Waals surface area contributed by atoms with Crippen LogP contribution in [0.2, 0.25) is 0 Å². The number of rotatable bonds is 4. The van der Waals surface area contributed by atoms with Crippen LogP contribution in [-0.4, -0.2) is 49.1 Å². The van der Waals surface area contributed by atoms with Gasteiger partial charge in [0.15, 0.2) is 0 Å². The molecule has 0 aliphatic carbocycles. The molecule has 2 fully saturated rings. The first-order valence-corrected chi connectivity index (χ1v) is 7.52. The van der Waals surface area contributed by atoms with Gasteiger partial charge in [0, 0.05) is 19.1 Å². The van der Waals surface area contributed by atoms with Crippen molar-refractivity contribution in [1.82, 2.24) is 15.5 Å². The minimum Gasteiger partial charge on any atom is -0.355 e. The van der Waals surface area contributed by atoms with Crippen LogP contribution in [0.25, 0.3) is 0 Å². The number of nitrogens with zero attached hydrogens (tertiary/aromatic N) is 1. The van der Waals surface area contributed by atoms with E-state index in [0.29, 0.717) is 6.04 Å². The molecular formula is C14H27N3O. The zero-order chi connectivity index (χ0) is 12.8. The van der Waals surface area contributed by atoms with Crippen molar-refractivity contribution < 1.29 is 4.79 Å². The SMILES string of the molecule is CC(CN1CCCCC1)NC1CCCCNC1=O. The molecule has 0 aromatic heterocycles. The maximum Gasteiger partial charge on any atom is 0.237 e. The summed E-state index contributed by atoms with van der Waals surface area (Å²) in [6, 6.07) is 0.421. The van der Waals surface area contributed by atoms with Crippen molar-refractivity contribution in [2.24, 2.45) is 0 Å². The molecule has 0 aromatic carbocycles. The minimum atomic E-state index is 0.0206. The monoisotopic (exact) mass is 253 g/mol. The highest BCUT2D eigenvalue weighted by Gasteiger charge is 2.23. The molecule has 1 amide bonds. The molecule has 0 spiro atoms. The van der Waals surface area contributed by atoms with Gasteiger partial charge in [-0.25, -0.2) is 0 Å². The summed E-state index contributed by atoms with van der Waals surface area (Å²) in [5, 5.41) is 6.49. The zero-order valence-electron chi connectivity index (χ0n) is 11.6. The highest BCUT2D eigenvalue weighted by atomic mass is 16.2. The summed E-state index contributed by atoms with van der Waals surface area (Å²) in [5.74, 6) is 0.193. The van der Waals surface area contributed by atoms with E-state index >= 15 is 0 Å². The maximum atomic E-state index is 11.9. The Balaban J connectivity index is 1.74. The number of nitrogens with one attached hydrogen (secondary N) is 2. The highest BCUT2D eigenvalue weighted by Crippen LogP contribution is 2.10. The second-order valence-electron chi connectivity index (χ2n) is 5.77. The van der Waals surface area contributed by atoms with E-state index in [1.54, 1.807) is 0 Å². The molecule has 4 nitrogen and oxygen atoms in total. The summed E-state index contributed by atoms with van der Waals surface area (Å²) in [6.45, 7) is 6.57. The molecule has 0 aromatic rings. The van der Waals surface area contributed by atoms with Gasteiger partial charge in [-0.1, -0.05) is 6.42 Å². The Morgan fingerprint density at radius 1 is 1.28 bits per heavy atom. The molecule has 2 atom stereocenters. The van der Waals surface area contributed by atoms with Gasteiger partial charge in [0.2, 0.25) is 5.91 Å². The Morgan fingerprint density at radius 3 is 2.83 bits per heavy atom. The second-order valence-corrected chi connectivity index (χ2v) is 5.77. The van der Waals surface area contributed by atoms with E-state index in [0.717, 1.165) is 32.4 Å². The second kappa shape index (κ2) is 7.10. The topological polar surface area (TPSA) is 44.4 Å². The first-order chi connectivity index (χ1) is 8.75. The lowest BCUT2D eigenvalue weighted by Crippen LogP contribution is -2.50. The number of carbonyl (C=O) groups is 1. The van der Waals surface area contributed by atoms with E-state index < -0.39 is 0 Å². The van der Waals surface area contributed by atoms with Gasteiger partial charge in [-0.2, -0.15) is 0 Å². The largest absolute Gasteiger partial charge is 0.355 e. The molecule has 2 aliphatic heterocycles. The number of amides is 1. The molecule has 2 rings (SSSR count). The molecule has 0 radical (unpaired) electrons.